The Kier molecular flexibility index (Phi) is 3040. The summed E-state index contributed by atoms with van der Waals surface area (Å²) in [5, 5.41) is 0. The van der Waals surface area contributed by atoms with Crippen molar-refractivity contribution >= 4 is 0 Å². The predicted octanol–water partition coefficient (Wildman–Crippen LogP) is 10.9. The maximum absolute atomic E-state index is 3.60. The van der Waals surface area contributed by atoms with Gasteiger partial charge < -0.3 is 13.8 Å². The molecule has 1 radical (unpaired) electrons. The predicted molar refractivity (Wildman–Crippen MR) is 121 cm³/mol. The van der Waals surface area contributed by atoms with Crippen LogP contribution in [-0.4, -0.2) is 0 Å². The Morgan fingerprint density at radius 2 is 0.476 bits per heavy atom. The first kappa shape index (κ1) is 195. The van der Waals surface area contributed by atoms with Crippen molar-refractivity contribution in [2.45, 2.75) is 129 Å². The SMILES string of the molecule is C.C.C.C.C.C.C.C.C.C.C.C.[CH2-]CCC.[CH2-]CCC.[Y]. The molecule has 21 heavy (non-hydrogen) atoms. The molecule has 0 saturated carbocycles. The average molecular weight is 396 g/mol. The fourth-order valence-electron chi connectivity index (χ4n) is 0. The van der Waals surface area contributed by atoms with Gasteiger partial charge >= 0.3 is 0 Å². The summed E-state index contributed by atoms with van der Waals surface area (Å²) in [5.74, 6) is 0. The molecule has 0 atom stereocenters. The van der Waals surface area contributed by atoms with Crippen LogP contribution < -0.4 is 0 Å². The molecule has 0 bridgehead atoms. The third-order valence-electron chi connectivity index (χ3n) is 0.707. The molecule has 0 N–H and O–H groups in total. The first-order valence-electron chi connectivity index (χ1n) is 3.41. The van der Waals surface area contributed by atoms with E-state index in [2.05, 4.69) is 27.7 Å². The fourth-order valence-corrected chi connectivity index (χ4v) is 0. The fraction of sp³-hybridized carbons (Fsp3) is 0.900. The van der Waals surface area contributed by atoms with Gasteiger partial charge in [0.1, 0.15) is 0 Å². The monoisotopic (exact) mass is 395 g/mol. The molecule has 0 amide bonds. The van der Waals surface area contributed by atoms with E-state index in [-0.39, 0.29) is 122 Å². The van der Waals surface area contributed by atoms with Gasteiger partial charge in [0.15, 0.2) is 0 Å². The van der Waals surface area contributed by atoms with Crippen molar-refractivity contribution in [3.8, 4) is 0 Å². The molecule has 0 aromatic rings. The van der Waals surface area contributed by atoms with Gasteiger partial charge in [0.2, 0.25) is 0 Å². The maximum atomic E-state index is 3.60. The van der Waals surface area contributed by atoms with Crippen molar-refractivity contribution in [2.24, 2.45) is 0 Å². The minimum Gasteiger partial charge on any atom is -0.343 e. The van der Waals surface area contributed by atoms with Crippen LogP contribution in [0.5, 0.6) is 0 Å². The minimum absolute atomic E-state index is 0. The second kappa shape index (κ2) is 327. The van der Waals surface area contributed by atoms with Gasteiger partial charge in [0.05, 0.1) is 0 Å². The molecule has 151 valence electrons. The average Bonchev–Trinajstić information content (AvgIpc) is 1.88. The number of unbranched alkanes of at least 4 members (excludes halogenated alkanes) is 2. The van der Waals surface area contributed by atoms with Crippen molar-refractivity contribution < 1.29 is 32.7 Å². The molecule has 0 aromatic carbocycles. The Morgan fingerprint density at radius 3 is 0.476 bits per heavy atom. The normalized spacial score (nSPS) is 2.86. The zero-order valence-corrected chi connectivity index (χ0v) is 9.66. The van der Waals surface area contributed by atoms with Gasteiger partial charge in [-0.3, -0.25) is 0 Å². The molecule has 0 aromatic heterocycles. The van der Waals surface area contributed by atoms with E-state index in [4.69, 9.17) is 0 Å². The molecule has 0 fully saturated rings. The Balaban J connectivity index is -0.00000000163. The van der Waals surface area contributed by atoms with Crippen molar-refractivity contribution in [2.75, 3.05) is 0 Å². The third kappa shape index (κ3) is 799. The van der Waals surface area contributed by atoms with Crippen LogP contribution in [0.2, 0.25) is 0 Å². The van der Waals surface area contributed by atoms with Crippen LogP contribution in [0.3, 0.4) is 0 Å². The molecular weight excluding hydrogens is 329 g/mol. The summed E-state index contributed by atoms with van der Waals surface area (Å²) >= 11 is 0. The van der Waals surface area contributed by atoms with E-state index < -0.39 is 0 Å². The molecule has 0 spiro atoms. The van der Waals surface area contributed by atoms with Crippen molar-refractivity contribution in [1.82, 2.24) is 0 Å². The van der Waals surface area contributed by atoms with Crippen LogP contribution in [0.4, 0.5) is 0 Å². The first-order valence-corrected chi connectivity index (χ1v) is 3.41. The van der Waals surface area contributed by atoms with E-state index in [0.717, 1.165) is 12.8 Å². The second-order valence-corrected chi connectivity index (χ2v) is 1.71. The first-order chi connectivity index (χ1) is 3.83. The number of hydrogen-bond acceptors (Lipinski definition) is 0. The summed E-state index contributed by atoms with van der Waals surface area (Å²) in [7, 11) is 0. The summed E-state index contributed by atoms with van der Waals surface area (Å²) in [6, 6.07) is 0. The zero-order chi connectivity index (χ0) is 6.83. The van der Waals surface area contributed by atoms with Crippen molar-refractivity contribution in [1.29, 1.82) is 0 Å². The largest absolute Gasteiger partial charge is 0.343 e. The second-order valence-electron chi connectivity index (χ2n) is 1.71. The van der Waals surface area contributed by atoms with Gasteiger partial charge in [-0.1, -0.05) is 116 Å². The Morgan fingerprint density at radius 1 is 0.429 bits per heavy atom. The Labute approximate surface area is 174 Å². The molecule has 0 rings (SSSR count). The molecule has 0 aliphatic heterocycles. The Hall–Kier alpha value is 1.10. The number of hydrogen-bond donors (Lipinski definition) is 0. The summed E-state index contributed by atoms with van der Waals surface area (Å²) in [6.45, 7) is 11.4. The van der Waals surface area contributed by atoms with Crippen LogP contribution in [0.25, 0.3) is 0 Å². The maximum Gasteiger partial charge on any atom is 0 e. The molecule has 0 aliphatic carbocycles. The van der Waals surface area contributed by atoms with Gasteiger partial charge in [-0.2, -0.15) is 12.8 Å². The van der Waals surface area contributed by atoms with E-state index in [1.54, 1.807) is 0 Å². The van der Waals surface area contributed by atoms with E-state index in [9.17, 15) is 0 Å². The van der Waals surface area contributed by atoms with E-state index in [0.29, 0.717) is 0 Å². The summed E-state index contributed by atoms with van der Waals surface area (Å²) in [5.41, 5.74) is 0. The van der Waals surface area contributed by atoms with Gasteiger partial charge in [0.25, 0.3) is 0 Å². The van der Waals surface area contributed by atoms with E-state index in [1.807, 2.05) is 0 Å². The molecule has 1 heteroatoms. The molecule has 0 heterocycles. The van der Waals surface area contributed by atoms with Gasteiger partial charge in [-0.05, 0) is 0 Å². The molecule has 0 nitrogen and oxygen atoms in total. The minimum atomic E-state index is 0. The van der Waals surface area contributed by atoms with Crippen molar-refractivity contribution in [3.63, 3.8) is 0 Å². The van der Waals surface area contributed by atoms with Crippen LogP contribution in [0.1, 0.15) is 129 Å². The number of rotatable bonds is 2. The summed E-state index contributed by atoms with van der Waals surface area (Å²) in [6.07, 6.45) is 4.56. The molecule has 0 saturated heterocycles. The van der Waals surface area contributed by atoms with Crippen molar-refractivity contribution in [3.05, 3.63) is 13.8 Å². The topological polar surface area (TPSA) is 0 Å². The van der Waals surface area contributed by atoms with Crippen LogP contribution in [0.15, 0.2) is 0 Å². The van der Waals surface area contributed by atoms with E-state index in [1.165, 1.54) is 12.8 Å². The quantitative estimate of drug-likeness (QED) is 0.408. The van der Waals surface area contributed by atoms with Crippen LogP contribution >= 0.6 is 0 Å². The van der Waals surface area contributed by atoms with Crippen LogP contribution in [-0.2, 0) is 32.7 Å². The Bertz CT molecular complexity index is 13.8. The zero-order valence-electron chi connectivity index (χ0n) is 6.82. The third-order valence-corrected chi connectivity index (χ3v) is 0.707. The molecule has 0 aliphatic rings. The standard InChI is InChI=1S/2C4H9.12CH4.Y/c2*1-3-4-2;;;;;;;;;;;;;/h2*1,3-4H2,2H3;12*1H4;/q2*-1;;;;;;;;;;;;;. The molecule has 0 unspecified atom stereocenters. The van der Waals surface area contributed by atoms with E-state index >= 15 is 0 Å². The smallest absolute Gasteiger partial charge is 0 e. The van der Waals surface area contributed by atoms with Crippen LogP contribution in [0, 0.1) is 13.8 Å². The van der Waals surface area contributed by atoms with Gasteiger partial charge in [0, 0.05) is 32.7 Å². The summed E-state index contributed by atoms with van der Waals surface area (Å²) < 4.78 is 0. The van der Waals surface area contributed by atoms with Gasteiger partial charge in [-0.25, -0.2) is 0 Å². The van der Waals surface area contributed by atoms with Gasteiger partial charge in [-0.15, -0.1) is 0 Å². The summed E-state index contributed by atoms with van der Waals surface area (Å²) in [4.78, 5) is 0. The molecular formula is C20H66Y-2.